The molecule has 0 unspecified atom stereocenters. The van der Waals surface area contributed by atoms with Gasteiger partial charge in [0.25, 0.3) is 0 Å². The van der Waals surface area contributed by atoms with Crippen LogP contribution in [0.5, 0.6) is 0 Å². The quantitative estimate of drug-likeness (QED) is 0.307. The van der Waals surface area contributed by atoms with E-state index in [4.69, 9.17) is 23.2 Å². The lowest BCUT2D eigenvalue weighted by atomic mass is 10.1. The van der Waals surface area contributed by atoms with Crippen LogP contribution >= 0.6 is 23.2 Å². The molecule has 184 valence electrons. The molecule has 4 aromatic rings. The number of aromatic nitrogens is 4. The van der Waals surface area contributed by atoms with Gasteiger partial charge in [-0.2, -0.15) is 0 Å². The SMILES string of the molecule is Clc1ccc(Cn2nnnc2-c2ccccc2CN2CCN(CC=Cc3ccccc3)CC2)cc1Cl. The molecule has 0 aliphatic carbocycles. The highest BCUT2D eigenvalue weighted by Crippen LogP contribution is 2.26. The van der Waals surface area contributed by atoms with Gasteiger partial charge in [-0.05, 0) is 39.2 Å². The van der Waals surface area contributed by atoms with Gasteiger partial charge in [0.2, 0.25) is 0 Å². The summed E-state index contributed by atoms with van der Waals surface area (Å²) in [7, 11) is 0. The molecule has 6 nitrogen and oxygen atoms in total. The van der Waals surface area contributed by atoms with E-state index in [1.807, 2.05) is 28.9 Å². The molecule has 1 aromatic heterocycles. The minimum atomic E-state index is 0.517. The maximum Gasteiger partial charge on any atom is 0.182 e. The predicted molar refractivity (Wildman–Crippen MR) is 146 cm³/mol. The third kappa shape index (κ3) is 6.20. The molecule has 0 atom stereocenters. The van der Waals surface area contributed by atoms with E-state index in [0.29, 0.717) is 16.6 Å². The average Bonchev–Trinajstić information content (AvgIpc) is 3.36. The lowest BCUT2D eigenvalue weighted by molar-refractivity contribution is 0.137. The molecule has 0 saturated carbocycles. The van der Waals surface area contributed by atoms with Crippen molar-refractivity contribution in [2.45, 2.75) is 13.1 Å². The third-order valence-corrected chi connectivity index (χ3v) is 7.18. The summed E-state index contributed by atoms with van der Waals surface area (Å²) >= 11 is 12.3. The molecule has 5 rings (SSSR count). The molecule has 1 fully saturated rings. The molecular formula is C28H28Cl2N6. The van der Waals surface area contributed by atoms with Crippen LogP contribution in [0.2, 0.25) is 10.0 Å². The average molecular weight is 519 g/mol. The molecule has 2 heterocycles. The van der Waals surface area contributed by atoms with Crippen molar-refractivity contribution < 1.29 is 0 Å². The number of rotatable bonds is 8. The molecule has 0 amide bonds. The van der Waals surface area contributed by atoms with Gasteiger partial charge in [-0.15, -0.1) is 5.10 Å². The Labute approximate surface area is 221 Å². The van der Waals surface area contributed by atoms with Crippen molar-refractivity contribution in [3.8, 4) is 11.4 Å². The van der Waals surface area contributed by atoms with Crippen molar-refractivity contribution in [3.05, 3.63) is 106 Å². The van der Waals surface area contributed by atoms with Crippen LogP contribution in [0.4, 0.5) is 0 Å². The highest BCUT2D eigenvalue weighted by atomic mass is 35.5. The zero-order valence-corrected chi connectivity index (χ0v) is 21.5. The molecular weight excluding hydrogens is 491 g/mol. The molecule has 1 aliphatic heterocycles. The summed E-state index contributed by atoms with van der Waals surface area (Å²) < 4.78 is 1.81. The van der Waals surface area contributed by atoms with Crippen LogP contribution in [0.15, 0.2) is 78.9 Å². The first-order chi connectivity index (χ1) is 17.7. The van der Waals surface area contributed by atoms with Crippen molar-refractivity contribution in [1.29, 1.82) is 0 Å². The Balaban J connectivity index is 1.22. The Morgan fingerprint density at radius 1 is 0.778 bits per heavy atom. The first kappa shape index (κ1) is 24.7. The smallest absolute Gasteiger partial charge is 0.182 e. The van der Waals surface area contributed by atoms with Crippen molar-refractivity contribution in [1.82, 2.24) is 30.0 Å². The minimum absolute atomic E-state index is 0.517. The van der Waals surface area contributed by atoms with E-state index >= 15 is 0 Å². The summed E-state index contributed by atoms with van der Waals surface area (Å²) in [4.78, 5) is 5.00. The first-order valence-electron chi connectivity index (χ1n) is 12.1. The fourth-order valence-electron chi connectivity index (χ4n) is 4.46. The Kier molecular flexibility index (Phi) is 8.08. The van der Waals surface area contributed by atoms with Crippen LogP contribution in [0.3, 0.4) is 0 Å². The maximum atomic E-state index is 6.21. The summed E-state index contributed by atoms with van der Waals surface area (Å²) in [6.07, 6.45) is 4.46. The second-order valence-corrected chi connectivity index (χ2v) is 9.77. The number of hydrogen-bond acceptors (Lipinski definition) is 5. The number of benzene rings is 3. The van der Waals surface area contributed by atoms with Crippen molar-refractivity contribution in [2.75, 3.05) is 32.7 Å². The Hall–Kier alpha value is -3.03. The van der Waals surface area contributed by atoms with E-state index < -0.39 is 0 Å². The molecule has 0 N–H and O–H groups in total. The highest BCUT2D eigenvalue weighted by molar-refractivity contribution is 6.42. The van der Waals surface area contributed by atoms with Crippen molar-refractivity contribution in [3.63, 3.8) is 0 Å². The van der Waals surface area contributed by atoms with Crippen LogP contribution in [-0.4, -0.2) is 62.7 Å². The van der Waals surface area contributed by atoms with E-state index in [-0.39, 0.29) is 0 Å². The van der Waals surface area contributed by atoms with E-state index in [2.05, 4.69) is 79.9 Å². The summed E-state index contributed by atoms with van der Waals surface area (Å²) in [5.41, 5.74) is 4.51. The van der Waals surface area contributed by atoms with Gasteiger partial charge >= 0.3 is 0 Å². The maximum absolute atomic E-state index is 6.21. The molecule has 36 heavy (non-hydrogen) atoms. The first-order valence-corrected chi connectivity index (χ1v) is 12.9. The van der Waals surface area contributed by atoms with Gasteiger partial charge in [0.05, 0.1) is 16.6 Å². The fourth-order valence-corrected chi connectivity index (χ4v) is 4.78. The number of piperazine rings is 1. The van der Waals surface area contributed by atoms with E-state index in [1.54, 1.807) is 6.07 Å². The monoisotopic (exact) mass is 518 g/mol. The van der Waals surface area contributed by atoms with Crippen LogP contribution in [0.25, 0.3) is 17.5 Å². The molecule has 3 aromatic carbocycles. The fraction of sp³-hybridized carbons (Fsp3) is 0.250. The molecule has 0 spiro atoms. The van der Waals surface area contributed by atoms with E-state index in [9.17, 15) is 0 Å². The molecule has 0 bridgehead atoms. The topological polar surface area (TPSA) is 50.1 Å². The van der Waals surface area contributed by atoms with Crippen LogP contribution in [0.1, 0.15) is 16.7 Å². The van der Waals surface area contributed by atoms with Crippen molar-refractivity contribution in [2.24, 2.45) is 0 Å². The largest absolute Gasteiger partial charge is 0.297 e. The van der Waals surface area contributed by atoms with Crippen LogP contribution in [0, 0.1) is 0 Å². The molecule has 8 heteroatoms. The predicted octanol–water partition coefficient (Wildman–Crippen LogP) is 5.53. The van der Waals surface area contributed by atoms with Gasteiger partial charge in [-0.1, -0.05) is 96.0 Å². The molecule has 0 radical (unpaired) electrons. The summed E-state index contributed by atoms with van der Waals surface area (Å²) in [5.74, 6) is 0.751. The number of halogens is 2. The summed E-state index contributed by atoms with van der Waals surface area (Å²) in [6.45, 7) is 6.52. The van der Waals surface area contributed by atoms with Crippen molar-refractivity contribution >= 4 is 29.3 Å². The van der Waals surface area contributed by atoms with Crippen LogP contribution in [-0.2, 0) is 13.1 Å². The van der Waals surface area contributed by atoms with Gasteiger partial charge in [0, 0.05) is 44.8 Å². The van der Waals surface area contributed by atoms with Gasteiger partial charge in [-0.25, -0.2) is 4.68 Å². The molecule has 1 saturated heterocycles. The Morgan fingerprint density at radius 2 is 1.53 bits per heavy atom. The number of nitrogens with zero attached hydrogens (tertiary/aromatic N) is 6. The normalized spacial score (nSPS) is 15.1. The van der Waals surface area contributed by atoms with Gasteiger partial charge in [-0.3, -0.25) is 9.80 Å². The Morgan fingerprint density at radius 3 is 2.33 bits per heavy atom. The third-order valence-electron chi connectivity index (χ3n) is 6.44. The highest BCUT2D eigenvalue weighted by Gasteiger charge is 2.19. The summed E-state index contributed by atoms with van der Waals surface area (Å²) in [5, 5.41) is 13.6. The number of tetrazole rings is 1. The Bertz CT molecular complexity index is 1310. The van der Waals surface area contributed by atoms with E-state index in [0.717, 1.165) is 56.2 Å². The van der Waals surface area contributed by atoms with Gasteiger partial charge in [0.1, 0.15) is 0 Å². The number of hydrogen-bond donors (Lipinski definition) is 0. The van der Waals surface area contributed by atoms with E-state index in [1.165, 1.54) is 11.1 Å². The minimum Gasteiger partial charge on any atom is -0.297 e. The van der Waals surface area contributed by atoms with Gasteiger partial charge < -0.3 is 0 Å². The summed E-state index contributed by atoms with van der Waals surface area (Å²) in [6, 6.07) is 24.4. The second-order valence-electron chi connectivity index (χ2n) is 8.96. The van der Waals surface area contributed by atoms with Gasteiger partial charge in [0.15, 0.2) is 5.82 Å². The van der Waals surface area contributed by atoms with Crippen LogP contribution < -0.4 is 0 Å². The lowest BCUT2D eigenvalue weighted by Crippen LogP contribution is -2.45. The lowest BCUT2D eigenvalue weighted by Gasteiger charge is -2.34. The zero-order valence-electron chi connectivity index (χ0n) is 20.0. The molecule has 1 aliphatic rings. The second kappa shape index (κ2) is 11.8. The standard InChI is InChI=1S/C28H28Cl2N6/c29-26-13-12-23(19-27(26)30)20-36-28(31-32-33-36)25-11-5-4-10-24(25)21-35-17-15-34(16-18-35)14-6-9-22-7-2-1-3-8-22/h1-13,19H,14-18,20-21H2. The zero-order chi connectivity index (χ0) is 24.7.